The summed E-state index contributed by atoms with van der Waals surface area (Å²) in [6, 6.07) is 10.3. The number of aromatic nitrogens is 1. The minimum Gasteiger partial charge on any atom is -0.329 e. The highest BCUT2D eigenvalue weighted by atomic mass is 15.2. The normalized spacial score (nSPS) is 12.3. The minimum atomic E-state index is 0.00434. The Labute approximate surface area is 109 Å². The Hall–Kier alpha value is -1.45. The largest absolute Gasteiger partial charge is 0.329 e. The maximum atomic E-state index is 5.82. The second-order valence-electron chi connectivity index (χ2n) is 5.36. The molecule has 0 bridgehead atoms. The maximum Gasteiger partial charge on any atom is 0.0705 e. The van der Waals surface area contributed by atoms with Crippen molar-refractivity contribution in [2.45, 2.75) is 25.9 Å². The molecule has 1 aromatic heterocycles. The van der Waals surface area contributed by atoms with Crippen molar-refractivity contribution in [3.05, 3.63) is 42.1 Å². The van der Waals surface area contributed by atoms with E-state index in [1.165, 1.54) is 10.9 Å². The molecule has 0 aliphatic carbocycles. The van der Waals surface area contributed by atoms with Crippen LogP contribution >= 0.6 is 0 Å². The third-order valence-corrected chi connectivity index (χ3v) is 3.68. The van der Waals surface area contributed by atoms with Crippen LogP contribution in [0.25, 0.3) is 10.9 Å². The fourth-order valence-electron chi connectivity index (χ4n) is 1.92. The van der Waals surface area contributed by atoms with Gasteiger partial charge in [-0.2, -0.15) is 0 Å². The number of para-hydroxylation sites is 1. The summed E-state index contributed by atoms with van der Waals surface area (Å²) in [6.07, 6.45) is 1.88. The first kappa shape index (κ1) is 13.0. The summed E-state index contributed by atoms with van der Waals surface area (Å²) >= 11 is 0. The first-order valence-corrected chi connectivity index (χ1v) is 6.28. The van der Waals surface area contributed by atoms with E-state index in [0.29, 0.717) is 6.54 Å². The molecule has 0 saturated heterocycles. The molecule has 2 rings (SSSR count). The van der Waals surface area contributed by atoms with Crippen molar-refractivity contribution in [3.63, 3.8) is 0 Å². The van der Waals surface area contributed by atoms with Gasteiger partial charge in [-0.05, 0) is 38.6 Å². The Balaban J connectivity index is 2.32. The standard InChI is InChI=1S/C15H21N3/c1-15(2,11-16)18(3)10-12-8-9-17-14-7-5-4-6-13(12)14/h4-9H,10-11,16H2,1-3H3. The zero-order chi connectivity index (χ0) is 13.2. The Bertz CT molecular complexity index is 529. The van der Waals surface area contributed by atoms with E-state index in [1.54, 1.807) is 0 Å². The van der Waals surface area contributed by atoms with E-state index in [2.05, 4.69) is 49.0 Å². The lowest BCUT2D eigenvalue weighted by Crippen LogP contribution is -2.46. The number of hydrogen-bond acceptors (Lipinski definition) is 3. The van der Waals surface area contributed by atoms with Crippen LogP contribution in [0.15, 0.2) is 36.5 Å². The number of rotatable bonds is 4. The zero-order valence-corrected chi connectivity index (χ0v) is 11.4. The van der Waals surface area contributed by atoms with E-state index in [0.717, 1.165) is 12.1 Å². The van der Waals surface area contributed by atoms with Gasteiger partial charge in [-0.3, -0.25) is 9.88 Å². The lowest BCUT2D eigenvalue weighted by molar-refractivity contribution is 0.156. The number of benzene rings is 1. The average molecular weight is 243 g/mol. The van der Waals surface area contributed by atoms with Gasteiger partial charge < -0.3 is 5.73 Å². The van der Waals surface area contributed by atoms with Gasteiger partial charge in [-0.25, -0.2) is 0 Å². The van der Waals surface area contributed by atoms with E-state index in [-0.39, 0.29) is 5.54 Å². The maximum absolute atomic E-state index is 5.82. The lowest BCUT2D eigenvalue weighted by Gasteiger charge is -2.34. The molecule has 0 amide bonds. The first-order valence-electron chi connectivity index (χ1n) is 6.28. The van der Waals surface area contributed by atoms with E-state index in [1.807, 2.05) is 18.3 Å². The molecule has 18 heavy (non-hydrogen) atoms. The van der Waals surface area contributed by atoms with Gasteiger partial charge in [0.25, 0.3) is 0 Å². The third-order valence-electron chi connectivity index (χ3n) is 3.68. The first-order chi connectivity index (χ1) is 8.54. The smallest absolute Gasteiger partial charge is 0.0705 e. The van der Waals surface area contributed by atoms with Crippen molar-refractivity contribution in [1.82, 2.24) is 9.88 Å². The fraction of sp³-hybridized carbons (Fsp3) is 0.400. The van der Waals surface area contributed by atoms with Gasteiger partial charge in [0.15, 0.2) is 0 Å². The molecule has 0 spiro atoms. The van der Waals surface area contributed by atoms with Crippen LogP contribution in [0.2, 0.25) is 0 Å². The lowest BCUT2D eigenvalue weighted by atomic mass is 10.0. The van der Waals surface area contributed by atoms with Gasteiger partial charge in [0.2, 0.25) is 0 Å². The molecular weight excluding hydrogens is 222 g/mol. The Kier molecular flexibility index (Phi) is 3.64. The molecular formula is C15H21N3. The van der Waals surface area contributed by atoms with Crippen LogP contribution in [0, 0.1) is 0 Å². The number of likely N-dealkylation sites (N-methyl/N-ethyl adjacent to an activating group) is 1. The van der Waals surface area contributed by atoms with E-state index in [4.69, 9.17) is 5.73 Å². The van der Waals surface area contributed by atoms with Crippen molar-refractivity contribution in [1.29, 1.82) is 0 Å². The second-order valence-corrected chi connectivity index (χ2v) is 5.36. The van der Waals surface area contributed by atoms with Crippen LogP contribution in [0.5, 0.6) is 0 Å². The number of pyridine rings is 1. The van der Waals surface area contributed by atoms with Crippen LogP contribution in [0.4, 0.5) is 0 Å². The summed E-state index contributed by atoms with van der Waals surface area (Å²) in [4.78, 5) is 6.67. The second kappa shape index (κ2) is 5.04. The van der Waals surface area contributed by atoms with Gasteiger partial charge in [-0.1, -0.05) is 18.2 Å². The molecule has 1 aromatic carbocycles. The molecule has 3 heteroatoms. The number of nitrogens with zero attached hydrogens (tertiary/aromatic N) is 2. The van der Waals surface area contributed by atoms with Crippen LogP contribution in [0.3, 0.4) is 0 Å². The van der Waals surface area contributed by atoms with Gasteiger partial charge in [0.1, 0.15) is 0 Å². The van der Waals surface area contributed by atoms with Crippen LogP contribution in [0.1, 0.15) is 19.4 Å². The van der Waals surface area contributed by atoms with Crippen molar-refractivity contribution >= 4 is 10.9 Å². The average Bonchev–Trinajstić information content (AvgIpc) is 2.39. The van der Waals surface area contributed by atoms with Crippen molar-refractivity contribution < 1.29 is 0 Å². The summed E-state index contributed by atoms with van der Waals surface area (Å²) in [5, 5.41) is 1.22. The predicted octanol–water partition coefficient (Wildman–Crippen LogP) is 2.40. The summed E-state index contributed by atoms with van der Waals surface area (Å²) in [7, 11) is 2.11. The SMILES string of the molecule is CN(Cc1ccnc2ccccc12)C(C)(C)CN. The summed E-state index contributed by atoms with van der Waals surface area (Å²) in [6.45, 7) is 5.85. The molecule has 3 nitrogen and oxygen atoms in total. The quantitative estimate of drug-likeness (QED) is 0.896. The van der Waals surface area contributed by atoms with Gasteiger partial charge in [0, 0.05) is 30.2 Å². The highest BCUT2D eigenvalue weighted by Crippen LogP contribution is 2.20. The molecule has 96 valence electrons. The van der Waals surface area contributed by atoms with E-state index < -0.39 is 0 Å². The number of fused-ring (bicyclic) bond motifs is 1. The van der Waals surface area contributed by atoms with Crippen LogP contribution < -0.4 is 5.73 Å². The molecule has 0 aliphatic heterocycles. The molecule has 0 saturated carbocycles. The van der Waals surface area contributed by atoms with E-state index >= 15 is 0 Å². The monoisotopic (exact) mass is 243 g/mol. The van der Waals surface area contributed by atoms with Gasteiger partial charge in [0.05, 0.1) is 5.52 Å². The molecule has 0 atom stereocenters. The van der Waals surface area contributed by atoms with Gasteiger partial charge >= 0.3 is 0 Å². The third kappa shape index (κ3) is 2.52. The topological polar surface area (TPSA) is 42.2 Å². The molecule has 2 aromatic rings. The molecule has 1 heterocycles. The number of hydrogen-bond donors (Lipinski definition) is 1. The Morgan fingerprint density at radius 1 is 1.22 bits per heavy atom. The van der Waals surface area contributed by atoms with Crippen molar-refractivity contribution in [2.75, 3.05) is 13.6 Å². The molecule has 0 fully saturated rings. The zero-order valence-electron chi connectivity index (χ0n) is 11.4. The van der Waals surface area contributed by atoms with Crippen LogP contribution in [-0.2, 0) is 6.54 Å². The van der Waals surface area contributed by atoms with Gasteiger partial charge in [-0.15, -0.1) is 0 Å². The highest BCUT2D eigenvalue weighted by Gasteiger charge is 2.21. The van der Waals surface area contributed by atoms with Crippen molar-refractivity contribution in [3.8, 4) is 0 Å². The molecule has 0 unspecified atom stereocenters. The van der Waals surface area contributed by atoms with Crippen LogP contribution in [-0.4, -0.2) is 29.0 Å². The predicted molar refractivity (Wildman–Crippen MR) is 76.3 cm³/mol. The fourth-order valence-corrected chi connectivity index (χ4v) is 1.92. The summed E-state index contributed by atoms with van der Waals surface area (Å²) < 4.78 is 0. The highest BCUT2D eigenvalue weighted by molar-refractivity contribution is 5.81. The summed E-state index contributed by atoms with van der Waals surface area (Å²) in [5.74, 6) is 0. The van der Waals surface area contributed by atoms with E-state index in [9.17, 15) is 0 Å². The van der Waals surface area contributed by atoms with Crippen molar-refractivity contribution in [2.24, 2.45) is 5.73 Å². The molecule has 2 N–H and O–H groups in total. The summed E-state index contributed by atoms with van der Waals surface area (Å²) in [5.41, 5.74) is 8.17. The molecule has 0 radical (unpaired) electrons. The Morgan fingerprint density at radius 3 is 2.67 bits per heavy atom. The minimum absolute atomic E-state index is 0.00434. The number of nitrogens with two attached hydrogens (primary N) is 1. The molecule has 0 aliphatic rings. The Morgan fingerprint density at radius 2 is 1.94 bits per heavy atom.